The first-order chi connectivity index (χ1) is 15.7. The third-order valence-corrected chi connectivity index (χ3v) is 4.61. The number of aryl methyl sites for hydroxylation is 1. The van der Waals surface area contributed by atoms with Gasteiger partial charge >= 0.3 is 12.3 Å². The van der Waals surface area contributed by atoms with E-state index in [0.29, 0.717) is 17.0 Å². The standard InChI is InChI=1S/C23H23F3N4O4/c1-13-27-16-8-6-5-7-15(16)20(32)30(13)12-19(31)28-18-11-14(23(24,25)26)9-10-17(18)29-21(33)34-22(2,3)4/h5-11H,12H2,1-4H3,(H,28,31)(H,29,33). The maximum absolute atomic E-state index is 13.2. The third kappa shape index (κ3) is 5.91. The normalized spacial score (nSPS) is 11.9. The summed E-state index contributed by atoms with van der Waals surface area (Å²) in [6, 6.07) is 9.07. The second kappa shape index (κ2) is 9.16. The molecule has 2 amide bonds. The smallest absolute Gasteiger partial charge is 0.416 e. The van der Waals surface area contributed by atoms with Crippen molar-refractivity contribution in [3.8, 4) is 0 Å². The summed E-state index contributed by atoms with van der Waals surface area (Å²) in [4.78, 5) is 41.9. The van der Waals surface area contributed by atoms with Gasteiger partial charge in [0.2, 0.25) is 5.91 Å². The van der Waals surface area contributed by atoms with Gasteiger partial charge in [-0.25, -0.2) is 9.78 Å². The van der Waals surface area contributed by atoms with E-state index in [-0.39, 0.29) is 17.2 Å². The van der Waals surface area contributed by atoms with Crippen molar-refractivity contribution in [2.45, 2.75) is 46.0 Å². The number of hydrogen-bond acceptors (Lipinski definition) is 5. The maximum Gasteiger partial charge on any atom is 0.416 e. The quantitative estimate of drug-likeness (QED) is 0.568. The molecule has 0 spiro atoms. The van der Waals surface area contributed by atoms with E-state index in [1.165, 1.54) is 0 Å². The van der Waals surface area contributed by atoms with Gasteiger partial charge in [-0.1, -0.05) is 12.1 Å². The predicted molar refractivity (Wildman–Crippen MR) is 121 cm³/mol. The van der Waals surface area contributed by atoms with Gasteiger partial charge in [0.05, 0.1) is 27.8 Å². The Morgan fingerprint density at radius 1 is 1.03 bits per heavy atom. The molecule has 1 aromatic heterocycles. The third-order valence-electron chi connectivity index (χ3n) is 4.61. The Balaban J connectivity index is 1.91. The van der Waals surface area contributed by atoms with Crippen molar-refractivity contribution in [3.05, 3.63) is 64.2 Å². The number of anilines is 2. The molecule has 34 heavy (non-hydrogen) atoms. The number of carbonyl (C=O) groups is 2. The molecule has 2 N–H and O–H groups in total. The first-order valence-electron chi connectivity index (χ1n) is 10.2. The molecule has 3 rings (SSSR count). The lowest BCUT2D eigenvalue weighted by atomic mass is 10.1. The first kappa shape index (κ1) is 24.7. The van der Waals surface area contributed by atoms with E-state index < -0.39 is 41.4 Å². The fourth-order valence-corrected chi connectivity index (χ4v) is 3.15. The highest BCUT2D eigenvalue weighted by Crippen LogP contribution is 2.34. The van der Waals surface area contributed by atoms with Crippen molar-refractivity contribution < 1.29 is 27.5 Å². The molecule has 180 valence electrons. The van der Waals surface area contributed by atoms with Crippen molar-refractivity contribution in [2.24, 2.45) is 0 Å². The monoisotopic (exact) mass is 476 g/mol. The van der Waals surface area contributed by atoms with Gasteiger partial charge in [0, 0.05) is 0 Å². The van der Waals surface area contributed by atoms with Crippen LogP contribution in [0.15, 0.2) is 47.3 Å². The number of halogens is 3. The lowest BCUT2D eigenvalue weighted by molar-refractivity contribution is -0.137. The molecular formula is C23H23F3N4O4. The molecule has 0 fully saturated rings. The van der Waals surface area contributed by atoms with E-state index in [2.05, 4.69) is 15.6 Å². The Morgan fingerprint density at radius 2 is 1.71 bits per heavy atom. The zero-order valence-electron chi connectivity index (χ0n) is 18.9. The van der Waals surface area contributed by atoms with Crippen LogP contribution in [0, 0.1) is 6.92 Å². The van der Waals surface area contributed by atoms with Crippen LogP contribution in [0.2, 0.25) is 0 Å². The van der Waals surface area contributed by atoms with Crippen molar-refractivity contribution in [2.75, 3.05) is 10.6 Å². The van der Waals surface area contributed by atoms with Crippen LogP contribution in [0.4, 0.5) is 29.3 Å². The zero-order chi connectivity index (χ0) is 25.3. The summed E-state index contributed by atoms with van der Waals surface area (Å²) in [6.07, 6.45) is -5.59. The highest BCUT2D eigenvalue weighted by molar-refractivity contribution is 5.98. The van der Waals surface area contributed by atoms with Gasteiger partial charge in [-0.15, -0.1) is 0 Å². The second-order valence-corrected chi connectivity index (χ2v) is 8.50. The fourth-order valence-electron chi connectivity index (χ4n) is 3.15. The molecule has 2 aromatic carbocycles. The summed E-state index contributed by atoms with van der Waals surface area (Å²) in [5.74, 6) is -0.524. The Hall–Kier alpha value is -3.89. The van der Waals surface area contributed by atoms with E-state index in [0.717, 1.165) is 16.7 Å². The number of para-hydroxylation sites is 1. The molecule has 0 saturated carbocycles. The molecular weight excluding hydrogens is 453 g/mol. The van der Waals surface area contributed by atoms with E-state index in [4.69, 9.17) is 4.74 Å². The molecule has 0 aliphatic heterocycles. The van der Waals surface area contributed by atoms with Gasteiger partial charge < -0.3 is 10.1 Å². The number of rotatable bonds is 4. The molecule has 0 radical (unpaired) electrons. The molecule has 0 aliphatic carbocycles. The molecule has 0 atom stereocenters. The largest absolute Gasteiger partial charge is 0.444 e. The SMILES string of the molecule is Cc1nc2ccccc2c(=O)n1CC(=O)Nc1cc(C(F)(F)F)ccc1NC(=O)OC(C)(C)C. The van der Waals surface area contributed by atoms with Crippen LogP contribution in [0.1, 0.15) is 32.2 Å². The Kier molecular flexibility index (Phi) is 6.67. The molecule has 0 unspecified atom stereocenters. The minimum atomic E-state index is -4.68. The van der Waals surface area contributed by atoms with Crippen molar-refractivity contribution >= 4 is 34.3 Å². The van der Waals surface area contributed by atoms with Gasteiger partial charge in [0.25, 0.3) is 5.56 Å². The van der Waals surface area contributed by atoms with Crippen molar-refractivity contribution in [3.63, 3.8) is 0 Å². The van der Waals surface area contributed by atoms with Gasteiger partial charge in [-0.2, -0.15) is 13.2 Å². The van der Waals surface area contributed by atoms with Crippen LogP contribution in [0.25, 0.3) is 10.9 Å². The molecule has 8 nitrogen and oxygen atoms in total. The fraction of sp³-hybridized carbons (Fsp3) is 0.304. The number of alkyl halides is 3. The van der Waals surface area contributed by atoms with E-state index in [1.54, 1.807) is 52.0 Å². The van der Waals surface area contributed by atoms with Gasteiger partial charge in [0.1, 0.15) is 18.0 Å². The highest BCUT2D eigenvalue weighted by Gasteiger charge is 2.31. The summed E-state index contributed by atoms with van der Waals surface area (Å²) in [7, 11) is 0. The van der Waals surface area contributed by atoms with Crippen LogP contribution in [-0.4, -0.2) is 27.2 Å². The van der Waals surface area contributed by atoms with Crippen LogP contribution < -0.4 is 16.2 Å². The summed E-state index contributed by atoms with van der Waals surface area (Å²) >= 11 is 0. The van der Waals surface area contributed by atoms with Crippen molar-refractivity contribution in [1.29, 1.82) is 0 Å². The van der Waals surface area contributed by atoms with Crippen molar-refractivity contribution in [1.82, 2.24) is 9.55 Å². The summed E-state index contributed by atoms with van der Waals surface area (Å²) in [5.41, 5.74) is -2.28. The second-order valence-electron chi connectivity index (χ2n) is 8.50. The number of ether oxygens (including phenoxy) is 1. The highest BCUT2D eigenvalue weighted by atomic mass is 19.4. The number of nitrogens with one attached hydrogen (secondary N) is 2. The van der Waals surface area contributed by atoms with Gasteiger partial charge in [-0.3, -0.25) is 19.5 Å². The average molecular weight is 476 g/mol. The van der Waals surface area contributed by atoms with Crippen LogP contribution in [-0.2, 0) is 22.3 Å². The number of hydrogen-bond donors (Lipinski definition) is 2. The Labute approximate surface area is 192 Å². The average Bonchev–Trinajstić information content (AvgIpc) is 2.70. The van der Waals surface area contributed by atoms with Gasteiger partial charge in [0.15, 0.2) is 0 Å². The maximum atomic E-state index is 13.2. The number of aromatic nitrogens is 2. The lowest BCUT2D eigenvalue weighted by Crippen LogP contribution is -2.31. The topological polar surface area (TPSA) is 102 Å². The Bertz CT molecular complexity index is 1310. The van der Waals surface area contributed by atoms with E-state index in [1.807, 2.05) is 0 Å². The Morgan fingerprint density at radius 3 is 2.35 bits per heavy atom. The molecule has 0 saturated heterocycles. The predicted octanol–water partition coefficient (Wildman–Crippen LogP) is 4.71. The minimum Gasteiger partial charge on any atom is -0.444 e. The number of nitrogens with zero attached hydrogens (tertiary/aromatic N) is 2. The first-order valence-corrected chi connectivity index (χ1v) is 10.2. The minimum absolute atomic E-state index is 0.101. The van der Waals surface area contributed by atoms with E-state index >= 15 is 0 Å². The summed E-state index contributed by atoms with van der Waals surface area (Å²) in [5, 5.41) is 4.98. The van der Waals surface area contributed by atoms with E-state index in [9.17, 15) is 27.6 Å². The zero-order valence-corrected chi connectivity index (χ0v) is 18.9. The molecule has 3 aromatic rings. The molecule has 0 bridgehead atoms. The molecule has 0 aliphatic rings. The summed E-state index contributed by atoms with van der Waals surface area (Å²) in [6.45, 7) is 5.92. The number of carbonyl (C=O) groups excluding carboxylic acids is 2. The number of benzene rings is 2. The molecule has 1 heterocycles. The van der Waals surface area contributed by atoms with Crippen LogP contribution in [0.3, 0.4) is 0 Å². The lowest BCUT2D eigenvalue weighted by Gasteiger charge is -2.21. The number of amides is 2. The van der Waals surface area contributed by atoms with Crippen LogP contribution >= 0.6 is 0 Å². The molecule has 11 heteroatoms. The van der Waals surface area contributed by atoms with Crippen LogP contribution in [0.5, 0.6) is 0 Å². The summed E-state index contributed by atoms with van der Waals surface area (Å²) < 4.78 is 46.0. The van der Waals surface area contributed by atoms with Gasteiger partial charge in [-0.05, 0) is 58.0 Å². The number of fused-ring (bicyclic) bond motifs is 1.